The van der Waals surface area contributed by atoms with Crippen molar-refractivity contribution >= 4 is 29.9 Å². The Morgan fingerprint density at radius 3 is 2.26 bits per heavy atom. The third kappa shape index (κ3) is 8.86. The predicted molar refractivity (Wildman–Crippen MR) is 128 cm³/mol. The SMILES string of the molecule is CCNC(=NCC(C)(C)N1CCCCC1)NCCC1CCN(CC)CC1.I. The van der Waals surface area contributed by atoms with Crippen molar-refractivity contribution in [1.82, 2.24) is 20.4 Å². The molecule has 0 saturated carbocycles. The van der Waals surface area contributed by atoms with Gasteiger partial charge in [-0.25, -0.2) is 0 Å². The van der Waals surface area contributed by atoms with Crippen molar-refractivity contribution in [3.63, 3.8) is 0 Å². The molecule has 0 aliphatic carbocycles. The van der Waals surface area contributed by atoms with E-state index in [4.69, 9.17) is 4.99 Å². The van der Waals surface area contributed by atoms with Crippen molar-refractivity contribution in [2.45, 2.75) is 71.8 Å². The summed E-state index contributed by atoms with van der Waals surface area (Å²) in [5, 5.41) is 7.00. The van der Waals surface area contributed by atoms with Crippen LogP contribution in [0.15, 0.2) is 4.99 Å². The monoisotopic (exact) mass is 493 g/mol. The minimum Gasteiger partial charge on any atom is -0.357 e. The second-order valence-corrected chi connectivity index (χ2v) is 8.65. The molecule has 0 bridgehead atoms. The summed E-state index contributed by atoms with van der Waals surface area (Å²) in [6.45, 7) is 18.1. The molecular weight excluding hydrogens is 449 g/mol. The zero-order chi connectivity index (χ0) is 18.8. The van der Waals surface area contributed by atoms with Crippen molar-refractivity contribution in [2.24, 2.45) is 10.9 Å². The zero-order valence-corrected chi connectivity index (χ0v) is 20.6. The quantitative estimate of drug-likeness (QED) is 0.309. The number of hydrogen-bond acceptors (Lipinski definition) is 3. The second kappa shape index (κ2) is 13.2. The minimum absolute atomic E-state index is 0. The van der Waals surface area contributed by atoms with Crippen LogP contribution in [0, 0.1) is 5.92 Å². The van der Waals surface area contributed by atoms with Gasteiger partial charge in [0, 0.05) is 18.6 Å². The van der Waals surface area contributed by atoms with Crippen LogP contribution in [0.4, 0.5) is 0 Å². The standard InChI is InChI=1S/C21H43N5.HI/c1-5-22-20(23-13-10-19-11-16-25(6-2)17-12-19)24-18-21(3,4)26-14-8-7-9-15-26;/h19H,5-18H2,1-4H3,(H2,22,23,24);1H. The van der Waals surface area contributed by atoms with Crippen molar-refractivity contribution in [1.29, 1.82) is 0 Å². The molecular formula is C21H44IN5. The third-order valence-electron chi connectivity index (χ3n) is 6.18. The number of likely N-dealkylation sites (tertiary alicyclic amines) is 2. The average Bonchev–Trinajstić information content (AvgIpc) is 2.67. The number of guanidine groups is 1. The van der Waals surface area contributed by atoms with E-state index in [9.17, 15) is 0 Å². The number of halogens is 1. The molecule has 5 nitrogen and oxygen atoms in total. The van der Waals surface area contributed by atoms with Gasteiger partial charge in [0.15, 0.2) is 5.96 Å². The number of hydrogen-bond donors (Lipinski definition) is 2. The Kier molecular flexibility index (Phi) is 12.2. The average molecular weight is 494 g/mol. The molecule has 27 heavy (non-hydrogen) atoms. The van der Waals surface area contributed by atoms with Gasteiger partial charge in [0.1, 0.15) is 0 Å². The molecule has 0 aromatic carbocycles. The first kappa shape index (κ1) is 25.0. The normalized spacial score (nSPS) is 21.0. The van der Waals surface area contributed by atoms with Crippen LogP contribution >= 0.6 is 24.0 Å². The number of piperidine rings is 2. The summed E-state index contributed by atoms with van der Waals surface area (Å²) in [5.41, 5.74) is 0.149. The van der Waals surface area contributed by atoms with E-state index >= 15 is 0 Å². The summed E-state index contributed by atoms with van der Waals surface area (Å²) < 4.78 is 0. The maximum absolute atomic E-state index is 4.91. The Balaban J connectivity index is 0.00000364. The topological polar surface area (TPSA) is 42.9 Å². The van der Waals surface area contributed by atoms with E-state index in [1.54, 1.807) is 0 Å². The number of rotatable bonds is 8. The Labute approximate surface area is 185 Å². The van der Waals surface area contributed by atoms with Gasteiger partial charge in [-0.15, -0.1) is 24.0 Å². The molecule has 2 fully saturated rings. The molecule has 0 unspecified atom stereocenters. The van der Waals surface area contributed by atoms with Gasteiger partial charge < -0.3 is 15.5 Å². The van der Waals surface area contributed by atoms with Gasteiger partial charge in [0.05, 0.1) is 6.54 Å². The summed E-state index contributed by atoms with van der Waals surface area (Å²) >= 11 is 0. The Morgan fingerprint density at radius 1 is 1.00 bits per heavy atom. The predicted octanol–water partition coefficient (Wildman–Crippen LogP) is 3.55. The Hall–Kier alpha value is -0.0800. The maximum atomic E-state index is 4.91. The zero-order valence-electron chi connectivity index (χ0n) is 18.2. The van der Waals surface area contributed by atoms with Crippen molar-refractivity contribution in [3.8, 4) is 0 Å². The van der Waals surface area contributed by atoms with Gasteiger partial charge in [0.25, 0.3) is 0 Å². The van der Waals surface area contributed by atoms with Gasteiger partial charge in [0.2, 0.25) is 0 Å². The first-order chi connectivity index (χ1) is 12.5. The number of nitrogens with zero attached hydrogens (tertiary/aromatic N) is 3. The lowest BCUT2D eigenvalue weighted by atomic mass is 9.93. The summed E-state index contributed by atoms with van der Waals surface area (Å²) in [4.78, 5) is 10.1. The first-order valence-corrected chi connectivity index (χ1v) is 11.0. The molecule has 2 aliphatic rings. The van der Waals surface area contributed by atoms with Crippen LogP contribution in [0.1, 0.15) is 66.2 Å². The van der Waals surface area contributed by atoms with E-state index in [1.165, 1.54) is 71.2 Å². The Bertz CT molecular complexity index is 413. The lowest BCUT2D eigenvalue weighted by Crippen LogP contribution is -2.49. The van der Waals surface area contributed by atoms with Crippen LogP contribution < -0.4 is 10.6 Å². The summed E-state index contributed by atoms with van der Waals surface area (Å²) in [6.07, 6.45) is 8.02. The van der Waals surface area contributed by atoms with Crippen LogP contribution in [0.2, 0.25) is 0 Å². The van der Waals surface area contributed by atoms with Gasteiger partial charge in [-0.05, 0) is 91.5 Å². The van der Waals surface area contributed by atoms with Crippen LogP contribution in [-0.4, -0.2) is 73.7 Å². The van der Waals surface area contributed by atoms with Gasteiger partial charge in [-0.2, -0.15) is 0 Å². The van der Waals surface area contributed by atoms with Gasteiger partial charge in [-0.1, -0.05) is 13.3 Å². The summed E-state index contributed by atoms with van der Waals surface area (Å²) in [6, 6.07) is 0. The highest BCUT2D eigenvalue weighted by atomic mass is 127. The highest BCUT2D eigenvalue weighted by Gasteiger charge is 2.27. The van der Waals surface area contributed by atoms with E-state index in [-0.39, 0.29) is 29.5 Å². The maximum Gasteiger partial charge on any atom is 0.191 e. The largest absolute Gasteiger partial charge is 0.357 e. The van der Waals surface area contributed by atoms with Crippen molar-refractivity contribution in [2.75, 3.05) is 52.4 Å². The molecule has 6 heteroatoms. The summed E-state index contributed by atoms with van der Waals surface area (Å²) in [5.74, 6) is 1.86. The first-order valence-electron chi connectivity index (χ1n) is 11.0. The molecule has 2 aliphatic heterocycles. The van der Waals surface area contributed by atoms with E-state index in [2.05, 4.69) is 48.1 Å². The summed E-state index contributed by atoms with van der Waals surface area (Å²) in [7, 11) is 0. The molecule has 0 aromatic rings. The van der Waals surface area contributed by atoms with Gasteiger partial charge in [-0.3, -0.25) is 9.89 Å². The lowest BCUT2D eigenvalue weighted by molar-refractivity contribution is 0.102. The molecule has 160 valence electrons. The second-order valence-electron chi connectivity index (χ2n) is 8.65. The van der Waals surface area contributed by atoms with Crippen molar-refractivity contribution < 1.29 is 0 Å². The van der Waals surface area contributed by atoms with Crippen LogP contribution in [0.25, 0.3) is 0 Å². The van der Waals surface area contributed by atoms with Crippen molar-refractivity contribution in [3.05, 3.63) is 0 Å². The lowest BCUT2D eigenvalue weighted by Gasteiger charge is -2.40. The fourth-order valence-electron chi connectivity index (χ4n) is 4.20. The van der Waals surface area contributed by atoms with E-state index < -0.39 is 0 Å². The fraction of sp³-hybridized carbons (Fsp3) is 0.952. The van der Waals surface area contributed by atoms with Crippen LogP contribution in [0.5, 0.6) is 0 Å². The molecule has 0 atom stereocenters. The molecule has 2 heterocycles. The number of nitrogens with one attached hydrogen (secondary N) is 2. The molecule has 2 rings (SSSR count). The highest BCUT2D eigenvalue weighted by Crippen LogP contribution is 2.21. The molecule has 0 spiro atoms. The number of aliphatic imine (C=N–C) groups is 1. The molecule has 2 saturated heterocycles. The van der Waals surface area contributed by atoms with Crippen LogP contribution in [-0.2, 0) is 0 Å². The van der Waals surface area contributed by atoms with E-state index in [1.807, 2.05) is 0 Å². The molecule has 0 aromatic heterocycles. The highest BCUT2D eigenvalue weighted by molar-refractivity contribution is 14.0. The third-order valence-corrected chi connectivity index (χ3v) is 6.18. The smallest absolute Gasteiger partial charge is 0.191 e. The fourth-order valence-corrected chi connectivity index (χ4v) is 4.20. The van der Waals surface area contributed by atoms with Crippen LogP contribution in [0.3, 0.4) is 0 Å². The minimum atomic E-state index is 0. The Morgan fingerprint density at radius 2 is 1.67 bits per heavy atom. The molecule has 0 amide bonds. The molecule has 0 radical (unpaired) electrons. The molecule has 2 N–H and O–H groups in total. The van der Waals surface area contributed by atoms with E-state index in [0.29, 0.717) is 0 Å². The van der Waals surface area contributed by atoms with Gasteiger partial charge >= 0.3 is 0 Å². The van der Waals surface area contributed by atoms with E-state index in [0.717, 1.165) is 31.5 Å².